The average molecular weight is 340 g/mol. The summed E-state index contributed by atoms with van der Waals surface area (Å²) in [5.41, 5.74) is 1.91. The number of benzene rings is 2. The van der Waals surface area contributed by atoms with Crippen LogP contribution in [0.5, 0.6) is 5.75 Å². The van der Waals surface area contributed by atoms with Crippen molar-refractivity contribution in [3.8, 4) is 5.75 Å². The van der Waals surface area contributed by atoms with Gasteiger partial charge in [-0.3, -0.25) is 9.69 Å². The Balaban J connectivity index is 1.60. The van der Waals surface area contributed by atoms with E-state index in [0.29, 0.717) is 13.1 Å². The maximum Gasteiger partial charge on any atom is 0.410 e. The zero-order valence-electron chi connectivity index (χ0n) is 14.0. The van der Waals surface area contributed by atoms with Crippen molar-refractivity contribution in [2.45, 2.75) is 19.1 Å². The maximum absolute atomic E-state index is 12.5. The SMILES string of the molecule is COc1ccc(CNC(=O)[C@@H]2COC(=O)N2Cc2ccccc2)cc1. The molecule has 0 aliphatic carbocycles. The summed E-state index contributed by atoms with van der Waals surface area (Å²) in [4.78, 5) is 25.9. The van der Waals surface area contributed by atoms with Crippen LogP contribution in [0.4, 0.5) is 4.79 Å². The Morgan fingerprint density at radius 2 is 1.88 bits per heavy atom. The summed E-state index contributed by atoms with van der Waals surface area (Å²) >= 11 is 0. The first-order chi connectivity index (χ1) is 12.2. The van der Waals surface area contributed by atoms with Crippen molar-refractivity contribution in [2.75, 3.05) is 13.7 Å². The summed E-state index contributed by atoms with van der Waals surface area (Å²) in [6.07, 6.45) is -0.464. The van der Waals surface area contributed by atoms with Gasteiger partial charge < -0.3 is 14.8 Å². The van der Waals surface area contributed by atoms with E-state index >= 15 is 0 Å². The van der Waals surface area contributed by atoms with Gasteiger partial charge in [0.1, 0.15) is 18.4 Å². The fourth-order valence-corrected chi connectivity index (χ4v) is 2.67. The average Bonchev–Trinajstić information content (AvgIpc) is 3.01. The zero-order valence-corrected chi connectivity index (χ0v) is 14.0. The van der Waals surface area contributed by atoms with Gasteiger partial charge in [-0.15, -0.1) is 0 Å². The molecule has 130 valence electrons. The Morgan fingerprint density at radius 3 is 2.56 bits per heavy atom. The number of hydrogen-bond donors (Lipinski definition) is 1. The highest BCUT2D eigenvalue weighted by atomic mass is 16.6. The fraction of sp³-hybridized carbons (Fsp3) is 0.263. The first kappa shape index (κ1) is 16.8. The van der Waals surface area contributed by atoms with Gasteiger partial charge in [0.05, 0.1) is 13.7 Å². The van der Waals surface area contributed by atoms with Gasteiger partial charge in [-0.05, 0) is 23.3 Å². The third-order valence-corrected chi connectivity index (χ3v) is 4.10. The van der Waals surface area contributed by atoms with Gasteiger partial charge in [0.15, 0.2) is 0 Å². The quantitative estimate of drug-likeness (QED) is 0.876. The van der Waals surface area contributed by atoms with E-state index < -0.39 is 12.1 Å². The van der Waals surface area contributed by atoms with Crippen molar-refractivity contribution in [2.24, 2.45) is 0 Å². The second-order valence-corrected chi connectivity index (χ2v) is 5.77. The molecule has 1 aliphatic heterocycles. The van der Waals surface area contributed by atoms with Crippen molar-refractivity contribution in [1.29, 1.82) is 0 Å². The molecule has 0 radical (unpaired) electrons. The first-order valence-corrected chi connectivity index (χ1v) is 8.05. The predicted octanol–water partition coefficient (Wildman–Crippen LogP) is 2.33. The molecule has 6 heteroatoms. The van der Waals surface area contributed by atoms with Crippen LogP contribution >= 0.6 is 0 Å². The molecule has 6 nitrogen and oxygen atoms in total. The summed E-state index contributed by atoms with van der Waals surface area (Å²) < 4.78 is 10.2. The number of hydrogen-bond acceptors (Lipinski definition) is 4. The third kappa shape index (κ3) is 4.09. The molecular formula is C19H20N2O4. The normalized spacial score (nSPS) is 16.4. The van der Waals surface area contributed by atoms with Crippen molar-refractivity contribution >= 4 is 12.0 Å². The van der Waals surface area contributed by atoms with Gasteiger partial charge in [0.2, 0.25) is 5.91 Å². The van der Waals surface area contributed by atoms with E-state index in [1.807, 2.05) is 54.6 Å². The van der Waals surface area contributed by atoms with Gasteiger partial charge in [-0.2, -0.15) is 0 Å². The van der Waals surface area contributed by atoms with E-state index in [1.165, 1.54) is 4.90 Å². The third-order valence-electron chi connectivity index (χ3n) is 4.10. The maximum atomic E-state index is 12.5. The topological polar surface area (TPSA) is 67.9 Å². The van der Waals surface area contributed by atoms with Gasteiger partial charge >= 0.3 is 6.09 Å². The van der Waals surface area contributed by atoms with Crippen molar-refractivity contribution in [3.05, 3.63) is 65.7 Å². The molecule has 1 N–H and O–H groups in total. The lowest BCUT2D eigenvalue weighted by molar-refractivity contribution is -0.125. The van der Waals surface area contributed by atoms with Gasteiger partial charge in [-0.25, -0.2) is 4.79 Å². The van der Waals surface area contributed by atoms with Crippen LogP contribution in [0.25, 0.3) is 0 Å². The van der Waals surface area contributed by atoms with Gasteiger partial charge in [-0.1, -0.05) is 42.5 Å². The predicted molar refractivity (Wildman–Crippen MR) is 92.0 cm³/mol. The van der Waals surface area contributed by atoms with Crippen LogP contribution in [0.3, 0.4) is 0 Å². The molecule has 1 heterocycles. The molecule has 0 bridgehead atoms. The van der Waals surface area contributed by atoms with E-state index in [2.05, 4.69) is 5.32 Å². The molecule has 0 saturated carbocycles. The second-order valence-electron chi connectivity index (χ2n) is 5.77. The number of nitrogens with one attached hydrogen (secondary N) is 1. The highest BCUT2D eigenvalue weighted by Crippen LogP contribution is 2.17. The molecule has 1 atom stereocenters. The highest BCUT2D eigenvalue weighted by Gasteiger charge is 2.37. The summed E-state index contributed by atoms with van der Waals surface area (Å²) in [5, 5.41) is 2.86. The number of amides is 2. The molecule has 0 unspecified atom stereocenters. The van der Waals surface area contributed by atoms with Crippen LogP contribution in [-0.4, -0.2) is 36.7 Å². The lowest BCUT2D eigenvalue weighted by atomic mass is 10.1. The number of carbonyl (C=O) groups is 2. The Bertz CT molecular complexity index is 731. The van der Waals surface area contributed by atoms with Crippen LogP contribution in [0.1, 0.15) is 11.1 Å². The summed E-state index contributed by atoms with van der Waals surface area (Å²) in [5.74, 6) is 0.538. The molecule has 25 heavy (non-hydrogen) atoms. The van der Waals surface area contributed by atoms with Crippen molar-refractivity contribution in [1.82, 2.24) is 10.2 Å². The standard InChI is InChI=1S/C19H20N2O4/c1-24-16-9-7-14(8-10-16)11-20-18(22)17-13-25-19(23)21(17)12-15-5-3-2-4-6-15/h2-10,17H,11-13H2,1H3,(H,20,22)/t17-/m0/s1. The molecule has 3 rings (SSSR count). The van der Waals surface area contributed by atoms with Crippen LogP contribution in [0, 0.1) is 0 Å². The highest BCUT2D eigenvalue weighted by molar-refractivity contribution is 5.87. The zero-order chi connectivity index (χ0) is 17.6. The molecule has 1 fully saturated rings. The largest absolute Gasteiger partial charge is 0.497 e. The molecule has 0 aromatic heterocycles. The lowest BCUT2D eigenvalue weighted by Gasteiger charge is -2.20. The number of methoxy groups -OCH3 is 1. The van der Waals surface area contributed by atoms with Crippen LogP contribution in [0.15, 0.2) is 54.6 Å². The molecule has 2 amide bonds. The second kappa shape index (κ2) is 7.70. The Morgan fingerprint density at radius 1 is 1.16 bits per heavy atom. The monoisotopic (exact) mass is 340 g/mol. The number of ether oxygens (including phenoxy) is 2. The number of carbonyl (C=O) groups excluding carboxylic acids is 2. The lowest BCUT2D eigenvalue weighted by Crippen LogP contribution is -2.45. The fourth-order valence-electron chi connectivity index (χ4n) is 2.67. The number of cyclic esters (lactones) is 1. The number of nitrogens with zero attached hydrogens (tertiary/aromatic N) is 1. The van der Waals surface area contributed by atoms with Gasteiger partial charge in [0.25, 0.3) is 0 Å². The van der Waals surface area contributed by atoms with E-state index in [4.69, 9.17) is 9.47 Å². The van der Waals surface area contributed by atoms with Crippen molar-refractivity contribution < 1.29 is 19.1 Å². The van der Waals surface area contributed by atoms with Gasteiger partial charge in [0, 0.05) is 6.54 Å². The molecule has 2 aromatic rings. The summed E-state index contributed by atoms with van der Waals surface area (Å²) in [7, 11) is 1.61. The van der Waals surface area contributed by atoms with Crippen LogP contribution in [0.2, 0.25) is 0 Å². The number of rotatable bonds is 6. The van der Waals surface area contributed by atoms with Crippen LogP contribution in [-0.2, 0) is 22.6 Å². The van der Waals surface area contributed by atoms with E-state index in [-0.39, 0.29) is 12.5 Å². The molecule has 1 aliphatic rings. The van der Waals surface area contributed by atoms with Crippen molar-refractivity contribution in [3.63, 3.8) is 0 Å². The Hall–Kier alpha value is -3.02. The minimum atomic E-state index is -0.619. The molecule has 2 aromatic carbocycles. The van der Waals surface area contributed by atoms with Crippen LogP contribution < -0.4 is 10.1 Å². The first-order valence-electron chi connectivity index (χ1n) is 8.05. The Labute approximate surface area is 146 Å². The minimum Gasteiger partial charge on any atom is -0.497 e. The molecular weight excluding hydrogens is 320 g/mol. The molecule has 1 saturated heterocycles. The van der Waals surface area contributed by atoms with E-state index in [0.717, 1.165) is 16.9 Å². The minimum absolute atomic E-state index is 0.0696. The van der Waals surface area contributed by atoms with E-state index in [1.54, 1.807) is 7.11 Å². The Kier molecular flexibility index (Phi) is 5.18. The summed E-state index contributed by atoms with van der Waals surface area (Å²) in [6, 6.07) is 16.4. The summed E-state index contributed by atoms with van der Waals surface area (Å²) in [6.45, 7) is 0.799. The smallest absolute Gasteiger partial charge is 0.410 e. The van der Waals surface area contributed by atoms with E-state index in [9.17, 15) is 9.59 Å². The molecule has 0 spiro atoms.